The van der Waals surface area contributed by atoms with E-state index in [0.717, 1.165) is 0 Å². The number of rotatable bonds is 6. The van der Waals surface area contributed by atoms with Crippen LogP contribution in [0.25, 0.3) is 0 Å². The number of aromatic nitrogens is 1. The molecule has 0 aliphatic heterocycles. The van der Waals surface area contributed by atoms with Gasteiger partial charge in [-0.2, -0.15) is 0 Å². The molecule has 0 saturated heterocycles. The summed E-state index contributed by atoms with van der Waals surface area (Å²) in [6.07, 6.45) is 1.58. The molecular formula is C12H18N2O3. The van der Waals surface area contributed by atoms with E-state index in [2.05, 4.69) is 28.9 Å². The first-order chi connectivity index (χ1) is 8.15. The van der Waals surface area contributed by atoms with Gasteiger partial charge in [0.15, 0.2) is 0 Å². The highest BCUT2D eigenvalue weighted by molar-refractivity contribution is 5.91. The molecule has 0 aliphatic rings. The molecule has 17 heavy (non-hydrogen) atoms. The molecule has 0 saturated carbocycles. The first kappa shape index (κ1) is 13.4. The Bertz CT molecular complexity index is 367. The topological polar surface area (TPSA) is 60.5 Å². The summed E-state index contributed by atoms with van der Waals surface area (Å²) >= 11 is 0. The van der Waals surface area contributed by atoms with Crippen molar-refractivity contribution in [2.24, 2.45) is 0 Å². The Morgan fingerprint density at radius 1 is 1.53 bits per heavy atom. The minimum absolute atomic E-state index is 0.310. The third-order valence-corrected chi connectivity index (χ3v) is 2.07. The first-order valence-electron chi connectivity index (χ1n) is 5.54. The van der Waals surface area contributed by atoms with E-state index >= 15 is 0 Å². The van der Waals surface area contributed by atoms with Gasteiger partial charge in [-0.15, -0.1) is 0 Å². The van der Waals surface area contributed by atoms with Crippen LogP contribution in [0.2, 0.25) is 0 Å². The van der Waals surface area contributed by atoms with Crippen molar-refractivity contribution in [2.75, 3.05) is 20.3 Å². The van der Waals surface area contributed by atoms with Gasteiger partial charge in [0.1, 0.15) is 12.2 Å². The van der Waals surface area contributed by atoms with Crippen LogP contribution < -0.4 is 10.1 Å². The third kappa shape index (κ3) is 4.40. The molecule has 0 aromatic carbocycles. The van der Waals surface area contributed by atoms with E-state index in [0.29, 0.717) is 30.6 Å². The summed E-state index contributed by atoms with van der Waals surface area (Å²) in [4.78, 5) is 15.4. The molecule has 0 spiro atoms. The van der Waals surface area contributed by atoms with Crippen molar-refractivity contribution in [2.45, 2.75) is 19.9 Å². The molecule has 0 bridgehead atoms. The quantitative estimate of drug-likeness (QED) is 0.597. The standard InChI is InChI=1S/C12H18N2O3/c1-9(2)13-7-8-17-11-10(12(15)16-3)5-4-6-14-11/h4-6,9,13H,7-8H2,1-3H3. The van der Waals surface area contributed by atoms with Crippen molar-refractivity contribution in [3.05, 3.63) is 23.9 Å². The van der Waals surface area contributed by atoms with Gasteiger partial charge >= 0.3 is 5.97 Å². The van der Waals surface area contributed by atoms with Gasteiger partial charge in [0.25, 0.3) is 0 Å². The van der Waals surface area contributed by atoms with Crippen LogP contribution in [0.3, 0.4) is 0 Å². The fraction of sp³-hybridized carbons (Fsp3) is 0.500. The van der Waals surface area contributed by atoms with Gasteiger partial charge in [-0.1, -0.05) is 13.8 Å². The zero-order valence-electron chi connectivity index (χ0n) is 10.4. The number of ether oxygens (including phenoxy) is 2. The molecule has 1 heterocycles. The van der Waals surface area contributed by atoms with Crippen molar-refractivity contribution < 1.29 is 14.3 Å². The van der Waals surface area contributed by atoms with Gasteiger partial charge in [0.2, 0.25) is 5.88 Å². The van der Waals surface area contributed by atoms with Crippen molar-refractivity contribution in [3.8, 4) is 5.88 Å². The maximum Gasteiger partial charge on any atom is 0.343 e. The molecule has 0 unspecified atom stereocenters. The Hall–Kier alpha value is -1.62. The van der Waals surface area contributed by atoms with Crippen LogP contribution in [-0.4, -0.2) is 37.3 Å². The summed E-state index contributed by atoms with van der Waals surface area (Å²) < 4.78 is 10.1. The fourth-order valence-corrected chi connectivity index (χ4v) is 1.27. The highest BCUT2D eigenvalue weighted by Gasteiger charge is 2.13. The number of esters is 1. The molecule has 94 valence electrons. The maximum atomic E-state index is 11.4. The van der Waals surface area contributed by atoms with Crippen LogP contribution >= 0.6 is 0 Å². The molecule has 5 nitrogen and oxygen atoms in total. The molecule has 0 atom stereocenters. The van der Waals surface area contributed by atoms with E-state index in [9.17, 15) is 4.79 Å². The molecule has 0 fully saturated rings. The van der Waals surface area contributed by atoms with Crippen LogP contribution in [0.4, 0.5) is 0 Å². The zero-order chi connectivity index (χ0) is 12.7. The monoisotopic (exact) mass is 238 g/mol. The van der Waals surface area contributed by atoms with Gasteiger partial charge in [0.05, 0.1) is 7.11 Å². The SMILES string of the molecule is COC(=O)c1cccnc1OCCNC(C)C. The summed E-state index contributed by atoms with van der Waals surface area (Å²) in [7, 11) is 1.33. The number of hydrogen-bond acceptors (Lipinski definition) is 5. The number of nitrogens with one attached hydrogen (secondary N) is 1. The lowest BCUT2D eigenvalue weighted by Gasteiger charge is -2.10. The number of carbonyl (C=O) groups is 1. The van der Waals surface area contributed by atoms with Crippen molar-refractivity contribution in [1.29, 1.82) is 0 Å². The van der Waals surface area contributed by atoms with E-state index in [1.165, 1.54) is 7.11 Å². The summed E-state index contributed by atoms with van der Waals surface area (Å²) in [5.74, 6) is -0.130. The molecule has 5 heteroatoms. The first-order valence-corrected chi connectivity index (χ1v) is 5.54. The van der Waals surface area contributed by atoms with Crippen LogP contribution in [-0.2, 0) is 4.74 Å². The minimum atomic E-state index is -0.440. The second-order valence-electron chi connectivity index (χ2n) is 3.80. The van der Waals surface area contributed by atoms with E-state index in [-0.39, 0.29) is 0 Å². The van der Waals surface area contributed by atoms with Gasteiger partial charge in [0, 0.05) is 18.8 Å². The van der Waals surface area contributed by atoms with E-state index < -0.39 is 5.97 Å². The van der Waals surface area contributed by atoms with Gasteiger partial charge < -0.3 is 14.8 Å². The predicted molar refractivity (Wildman–Crippen MR) is 64.2 cm³/mol. The molecule has 1 aromatic rings. The average molecular weight is 238 g/mol. The highest BCUT2D eigenvalue weighted by Crippen LogP contribution is 2.14. The lowest BCUT2D eigenvalue weighted by molar-refractivity contribution is 0.0595. The van der Waals surface area contributed by atoms with Crippen LogP contribution in [0.1, 0.15) is 24.2 Å². The van der Waals surface area contributed by atoms with Crippen LogP contribution in [0, 0.1) is 0 Å². The summed E-state index contributed by atoms with van der Waals surface area (Å²) in [5, 5.41) is 3.21. The van der Waals surface area contributed by atoms with Crippen molar-refractivity contribution >= 4 is 5.97 Å². The van der Waals surface area contributed by atoms with Gasteiger partial charge in [-0.05, 0) is 12.1 Å². The largest absolute Gasteiger partial charge is 0.476 e. The lowest BCUT2D eigenvalue weighted by Crippen LogP contribution is -2.27. The lowest BCUT2D eigenvalue weighted by atomic mass is 10.3. The van der Waals surface area contributed by atoms with Gasteiger partial charge in [-0.25, -0.2) is 9.78 Å². The van der Waals surface area contributed by atoms with E-state index in [1.54, 1.807) is 18.3 Å². The Morgan fingerprint density at radius 3 is 2.94 bits per heavy atom. The second kappa shape index (κ2) is 6.85. The smallest absolute Gasteiger partial charge is 0.343 e. The number of nitrogens with zero attached hydrogens (tertiary/aromatic N) is 1. The van der Waals surface area contributed by atoms with Crippen molar-refractivity contribution in [1.82, 2.24) is 10.3 Å². The Labute approximate surface area is 101 Å². The molecule has 0 aliphatic carbocycles. The minimum Gasteiger partial charge on any atom is -0.476 e. The second-order valence-corrected chi connectivity index (χ2v) is 3.80. The maximum absolute atomic E-state index is 11.4. The Balaban J connectivity index is 2.55. The van der Waals surface area contributed by atoms with Gasteiger partial charge in [-0.3, -0.25) is 0 Å². The van der Waals surface area contributed by atoms with Crippen LogP contribution in [0.5, 0.6) is 5.88 Å². The summed E-state index contributed by atoms with van der Waals surface area (Å²) in [6.45, 7) is 5.27. The molecule has 0 radical (unpaired) electrons. The fourth-order valence-electron chi connectivity index (χ4n) is 1.27. The third-order valence-electron chi connectivity index (χ3n) is 2.07. The number of methoxy groups -OCH3 is 1. The number of hydrogen-bond donors (Lipinski definition) is 1. The molecule has 1 N–H and O–H groups in total. The average Bonchev–Trinajstić information content (AvgIpc) is 2.34. The molecule has 1 rings (SSSR count). The van der Waals surface area contributed by atoms with E-state index in [1.807, 2.05) is 0 Å². The van der Waals surface area contributed by atoms with Crippen LogP contribution in [0.15, 0.2) is 18.3 Å². The molecular weight excluding hydrogens is 220 g/mol. The highest BCUT2D eigenvalue weighted by atomic mass is 16.5. The Kier molecular flexibility index (Phi) is 5.42. The molecule has 0 amide bonds. The number of carbonyl (C=O) groups excluding carboxylic acids is 1. The summed E-state index contributed by atoms with van der Waals surface area (Å²) in [6, 6.07) is 3.71. The van der Waals surface area contributed by atoms with E-state index in [4.69, 9.17) is 4.74 Å². The predicted octanol–water partition coefficient (Wildman–Crippen LogP) is 1.24. The van der Waals surface area contributed by atoms with Crippen molar-refractivity contribution in [3.63, 3.8) is 0 Å². The Morgan fingerprint density at radius 2 is 2.29 bits per heavy atom. The number of pyridine rings is 1. The summed E-state index contributed by atoms with van der Waals surface area (Å²) in [5.41, 5.74) is 0.347. The zero-order valence-corrected chi connectivity index (χ0v) is 10.4. The normalized spacial score (nSPS) is 10.4. The molecule has 1 aromatic heterocycles.